The van der Waals surface area contributed by atoms with E-state index in [1.165, 1.54) is 19.2 Å². The molecule has 0 unspecified atom stereocenters. The van der Waals surface area contributed by atoms with E-state index < -0.39 is 12.0 Å². The number of nitrogens with one attached hydrogen (secondary N) is 1. The number of rotatable bonds is 3. The predicted molar refractivity (Wildman–Crippen MR) is 65.7 cm³/mol. The van der Waals surface area contributed by atoms with Gasteiger partial charge in [0.15, 0.2) is 0 Å². The fraction of sp³-hybridized carbons (Fsp3) is 0.200. The first-order chi connectivity index (χ1) is 7.90. The molecule has 0 saturated heterocycles. The molecule has 7 heteroatoms. The molecule has 0 aliphatic rings. The Labute approximate surface area is 108 Å². The first-order valence-corrected chi connectivity index (χ1v) is 5.34. The Morgan fingerprint density at radius 2 is 2.00 bits per heavy atom. The van der Waals surface area contributed by atoms with Gasteiger partial charge in [0.25, 0.3) is 0 Å². The molecule has 0 aliphatic carbocycles. The van der Waals surface area contributed by atoms with Gasteiger partial charge in [0, 0.05) is 12.7 Å². The third kappa shape index (κ3) is 4.13. The minimum absolute atomic E-state index is 0.311. The van der Waals surface area contributed by atoms with Crippen LogP contribution in [0.15, 0.2) is 18.2 Å². The van der Waals surface area contributed by atoms with E-state index in [0.29, 0.717) is 15.7 Å². The molecule has 0 atom stereocenters. The lowest BCUT2D eigenvalue weighted by Crippen LogP contribution is -2.35. The van der Waals surface area contributed by atoms with Crippen molar-refractivity contribution in [3.63, 3.8) is 0 Å². The summed E-state index contributed by atoms with van der Waals surface area (Å²) in [4.78, 5) is 23.0. The Kier molecular flexibility index (Phi) is 4.60. The molecule has 0 aliphatic heterocycles. The molecule has 2 amide bonds. The van der Waals surface area contributed by atoms with Crippen LogP contribution in [0.5, 0.6) is 0 Å². The smallest absolute Gasteiger partial charge is 0.323 e. The molecule has 1 rings (SSSR count). The van der Waals surface area contributed by atoms with E-state index in [0.717, 1.165) is 4.90 Å². The monoisotopic (exact) mass is 276 g/mol. The molecule has 0 fully saturated rings. The van der Waals surface area contributed by atoms with Crippen molar-refractivity contribution in [3.8, 4) is 0 Å². The average Bonchev–Trinajstić information content (AvgIpc) is 2.22. The molecular weight excluding hydrogens is 267 g/mol. The number of carbonyl (C=O) groups is 2. The fourth-order valence-corrected chi connectivity index (χ4v) is 1.37. The van der Waals surface area contributed by atoms with Crippen LogP contribution < -0.4 is 5.32 Å². The second kappa shape index (κ2) is 5.75. The number of halogens is 2. The Morgan fingerprint density at radius 3 is 2.53 bits per heavy atom. The van der Waals surface area contributed by atoms with E-state index in [1.54, 1.807) is 6.07 Å². The van der Waals surface area contributed by atoms with Gasteiger partial charge in [-0.15, -0.1) is 0 Å². The van der Waals surface area contributed by atoms with E-state index in [2.05, 4.69) is 5.32 Å². The quantitative estimate of drug-likeness (QED) is 0.891. The number of urea groups is 1. The lowest BCUT2D eigenvalue weighted by atomic mass is 10.3. The second-order valence-electron chi connectivity index (χ2n) is 3.31. The summed E-state index contributed by atoms with van der Waals surface area (Å²) >= 11 is 11.5. The highest BCUT2D eigenvalue weighted by molar-refractivity contribution is 6.42. The molecule has 2 N–H and O–H groups in total. The van der Waals surface area contributed by atoms with E-state index >= 15 is 0 Å². The molecule has 0 bridgehead atoms. The van der Waals surface area contributed by atoms with Gasteiger partial charge in [0.2, 0.25) is 0 Å². The van der Waals surface area contributed by atoms with Gasteiger partial charge in [-0.1, -0.05) is 23.2 Å². The predicted octanol–water partition coefficient (Wildman–Crippen LogP) is 2.54. The Bertz CT molecular complexity index is 451. The second-order valence-corrected chi connectivity index (χ2v) is 4.12. The van der Waals surface area contributed by atoms with Gasteiger partial charge in [-0.05, 0) is 18.2 Å². The molecule has 92 valence electrons. The van der Waals surface area contributed by atoms with Gasteiger partial charge in [-0.3, -0.25) is 4.79 Å². The van der Waals surface area contributed by atoms with Crippen LogP contribution in [-0.2, 0) is 4.79 Å². The standard InChI is InChI=1S/C10H10Cl2N2O3/c1-14(5-9(15)16)10(17)13-6-2-3-7(11)8(12)4-6/h2-4H,5H2,1H3,(H,13,17)(H,15,16). The van der Waals surface area contributed by atoms with Gasteiger partial charge >= 0.3 is 12.0 Å². The Balaban J connectivity index is 2.67. The maximum absolute atomic E-state index is 11.5. The van der Waals surface area contributed by atoms with Crippen molar-refractivity contribution in [1.82, 2.24) is 4.90 Å². The first-order valence-electron chi connectivity index (χ1n) is 4.59. The molecule has 0 spiro atoms. The number of aliphatic carboxylic acids is 1. The lowest BCUT2D eigenvalue weighted by Gasteiger charge is -2.15. The molecular formula is C10H10Cl2N2O3. The number of hydrogen-bond donors (Lipinski definition) is 2. The first kappa shape index (κ1) is 13.6. The molecule has 0 aromatic heterocycles. The maximum Gasteiger partial charge on any atom is 0.323 e. The minimum atomic E-state index is -1.09. The van der Waals surface area contributed by atoms with Crippen LogP contribution in [0.3, 0.4) is 0 Å². The Morgan fingerprint density at radius 1 is 1.35 bits per heavy atom. The van der Waals surface area contributed by atoms with Crippen molar-refractivity contribution in [3.05, 3.63) is 28.2 Å². The summed E-state index contributed by atoms with van der Waals surface area (Å²) in [5.41, 5.74) is 0.446. The van der Waals surface area contributed by atoms with Crippen molar-refractivity contribution < 1.29 is 14.7 Å². The molecule has 0 radical (unpaired) electrons. The highest BCUT2D eigenvalue weighted by Crippen LogP contribution is 2.25. The van der Waals surface area contributed by atoms with Crippen LogP contribution in [0.2, 0.25) is 10.0 Å². The summed E-state index contributed by atoms with van der Waals surface area (Å²) in [6, 6.07) is 4.05. The third-order valence-corrected chi connectivity index (χ3v) is 2.63. The number of carboxylic acids is 1. The normalized spacial score (nSPS) is 9.82. The van der Waals surface area contributed by atoms with Crippen LogP contribution in [0.25, 0.3) is 0 Å². The van der Waals surface area contributed by atoms with Crippen LogP contribution in [0.4, 0.5) is 10.5 Å². The molecule has 0 saturated carbocycles. The third-order valence-electron chi connectivity index (χ3n) is 1.89. The molecule has 17 heavy (non-hydrogen) atoms. The van der Waals surface area contributed by atoms with Crippen molar-refractivity contribution in [2.45, 2.75) is 0 Å². The summed E-state index contributed by atoms with van der Waals surface area (Å²) in [5, 5.41) is 11.7. The molecule has 0 heterocycles. The zero-order valence-electron chi connectivity index (χ0n) is 8.91. The number of anilines is 1. The lowest BCUT2D eigenvalue weighted by molar-refractivity contribution is -0.137. The maximum atomic E-state index is 11.5. The minimum Gasteiger partial charge on any atom is -0.480 e. The van der Waals surface area contributed by atoms with Gasteiger partial charge in [0.1, 0.15) is 6.54 Å². The van der Waals surface area contributed by atoms with Gasteiger partial charge < -0.3 is 15.3 Å². The van der Waals surface area contributed by atoms with Crippen LogP contribution in [-0.4, -0.2) is 35.6 Å². The van der Waals surface area contributed by atoms with Crippen LogP contribution in [0.1, 0.15) is 0 Å². The zero-order chi connectivity index (χ0) is 13.0. The molecule has 5 nitrogen and oxygen atoms in total. The number of nitrogens with zero attached hydrogens (tertiary/aromatic N) is 1. The number of hydrogen-bond acceptors (Lipinski definition) is 2. The zero-order valence-corrected chi connectivity index (χ0v) is 10.4. The SMILES string of the molecule is CN(CC(=O)O)C(=O)Nc1ccc(Cl)c(Cl)c1. The Hall–Kier alpha value is -1.46. The van der Waals surface area contributed by atoms with Gasteiger partial charge in [-0.25, -0.2) is 4.79 Å². The number of carbonyl (C=O) groups excluding carboxylic acids is 1. The summed E-state index contributed by atoms with van der Waals surface area (Å²) in [7, 11) is 1.38. The van der Waals surface area contributed by atoms with Crippen molar-refractivity contribution in [1.29, 1.82) is 0 Å². The summed E-state index contributed by atoms with van der Waals surface area (Å²) in [5.74, 6) is -1.09. The number of carboxylic acid groups (broad SMARTS) is 1. The number of likely N-dealkylation sites (N-methyl/N-ethyl adjacent to an activating group) is 1. The highest BCUT2D eigenvalue weighted by Gasteiger charge is 2.12. The highest BCUT2D eigenvalue weighted by atomic mass is 35.5. The van der Waals surface area contributed by atoms with Crippen LogP contribution in [0, 0.1) is 0 Å². The van der Waals surface area contributed by atoms with Crippen molar-refractivity contribution in [2.75, 3.05) is 18.9 Å². The molecule has 1 aromatic carbocycles. The summed E-state index contributed by atoms with van der Waals surface area (Å²) in [6.45, 7) is -0.382. The van der Waals surface area contributed by atoms with Gasteiger partial charge in [-0.2, -0.15) is 0 Å². The average molecular weight is 277 g/mol. The fourth-order valence-electron chi connectivity index (χ4n) is 1.07. The van der Waals surface area contributed by atoms with Gasteiger partial charge in [0.05, 0.1) is 10.0 Å². The van der Waals surface area contributed by atoms with E-state index in [9.17, 15) is 9.59 Å². The number of amides is 2. The topological polar surface area (TPSA) is 69.6 Å². The van der Waals surface area contributed by atoms with Crippen LogP contribution >= 0.6 is 23.2 Å². The summed E-state index contributed by atoms with van der Waals surface area (Å²) < 4.78 is 0. The van der Waals surface area contributed by atoms with E-state index in [1.807, 2.05) is 0 Å². The summed E-state index contributed by atoms with van der Waals surface area (Å²) in [6.07, 6.45) is 0. The van der Waals surface area contributed by atoms with Crippen molar-refractivity contribution >= 4 is 40.9 Å². The van der Waals surface area contributed by atoms with E-state index in [4.69, 9.17) is 28.3 Å². The van der Waals surface area contributed by atoms with Crippen molar-refractivity contribution in [2.24, 2.45) is 0 Å². The number of benzene rings is 1. The van der Waals surface area contributed by atoms with E-state index in [-0.39, 0.29) is 6.54 Å². The largest absolute Gasteiger partial charge is 0.480 e. The molecule has 1 aromatic rings.